The quantitative estimate of drug-likeness (QED) is 0.656. The molecule has 1 heterocycles. The third-order valence-electron chi connectivity index (χ3n) is 4.32. The van der Waals surface area contributed by atoms with Crippen LogP contribution in [-0.2, 0) is 6.18 Å². The standard InChI is InChI=1S/C17H24F3N3O2/c18-17(19,20)13-5-3-6-14(11-13)22-16(25)21-8-1-2-9-23-10-4-7-15(23)12-24/h3,5-6,11,15,24H,1-2,4,7-10,12H2,(H2,21,22,25). The molecule has 0 aliphatic carbocycles. The maximum atomic E-state index is 12.6. The molecule has 1 saturated heterocycles. The Morgan fingerprint density at radius 2 is 2.12 bits per heavy atom. The summed E-state index contributed by atoms with van der Waals surface area (Å²) < 4.78 is 37.9. The lowest BCUT2D eigenvalue weighted by atomic mass is 10.2. The number of alkyl halides is 3. The van der Waals surface area contributed by atoms with Gasteiger partial charge in [0, 0.05) is 18.3 Å². The van der Waals surface area contributed by atoms with Crippen LogP contribution < -0.4 is 10.6 Å². The molecule has 1 unspecified atom stereocenters. The van der Waals surface area contributed by atoms with Crippen LogP contribution in [0, 0.1) is 0 Å². The summed E-state index contributed by atoms with van der Waals surface area (Å²) in [5, 5.41) is 14.3. The summed E-state index contributed by atoms with van der Waals surface area (Å²) in [7, 11) is 0. The van der Waals surface area contributed by atoms with E-state index in [0.717, 1.165) is 50.9 Å². The fourth-order valence-corrected chi connectivity index (χ4v) is 2.99. The zero-order chi connectivity index (χ0) is 18.3. The second kappa shape index (κ2) is 9.05. The summed E-state index contributed by atoms with van der Waals surface area (Å²) in [6.45, 7) is 2.50. The lowest BCUT2D eigenvalue weighted by Gasteiger charge is -2.22. The zero-order valence-corrected chi connectivity index (χ0v) is 14.0. The Labute approximate surface area is 145 Å². The summed E-state index contributed by atoms with van der Waals surface area (Å²) in [5.41, 5.74) is -0.690. The van der Waals surface area contributed by atoms with Gasteiger partial charge in [-0.15, -0.1) is 0 Å². The lowest BCUT2D eigenvalue weighted by Crippen LogP contribution is -2.34. The number of hydrogen-bond acceptors (Lipinski definition) is 3. The minimum Gasteiger partial charge on any atom is -0.395 e. The molecule has 1 aliphatic rings. The molecule has 1 aromatic carbocycles. The van der Waals surface area contributed by atoms with Crippen LogP contribution in [0.15, 0.2) is 24.3 Å². The first-order valence-corrected chi connectivity index (χ1v) is 8.47. The molecule has 0 spiro atoms. The Bertz CT molecular complexity index is 566. The van der Waals surface area contributed by atoms with E-state index in [1.54, 1.807) is 0 Å². The molecule has 0 bridgehead atoms. The van der Waals surface area contributed by atoms with Gasteiger partial charge in [-0.05, 0) is 57.0 Å². The van der Waals surface area contributed by atoms with Gasteiger partial charge in [-0.2, -0.15) is 13.2 Å². The van der Waals surface area contributed by atoms with E-state index in [4.69, 9.17) is 0 Å². The van der Waals surface area contributed by atoms with E-state index < -0.39 is 17.8 Å². The second-order valence-electron chi connectivity index (χ2n) is 6.18. The number of hydrogen-bond donors (Lipinski definition) is 3. The van der Waals surface area contributed by atoms with Crippen LogP contribution in [0.2, 0.25) is 0 Å². The molecule has 1 fully saturated rings. The van der Waals surface area contributed by atoms with E-state index in [1.165, 1.54) is 12.1 Å². The number of urea groups is 1. The van der Waals surface area contributed by atoms with Gasteiger partial charge in [0.05, 0.1) is 12.2 Å². The van der Waals surface area contributed by atoms with Crippen LogP contribution >= 0.6 is 0 Å². The van der Waals surface area contributed by atoms with Gasteiger partial charge in [0.15, 0.2) is 0 Å². The predicted molar refractivity (Wildman–Crippen MR) is 89.4 cm³/mol. The van der Waals surface area contributed by atoms with Crippen molar-refractivity contribution in [3.8, 4) is 0 Å². The van der Waals surface area contributed by atoms with Crippen molar-refractivity contribution < 1.29 is 23.1 Å². The Balaban J connectivity index is 1.66. The van der Waals surface area contributed by atoms with Gasteiger partial charge in [-0.1, -0.05) is 6.07 Å². The molecule has 1 aromatic rings. The number of nitrogens with one attached hydrogen (secondary N) is 2. The van der Waals surface area contributed by atoms with Crippen molar-refractivity contribution in [2.24, 2.45) is 0 Å². The maximum Gasteiger partial charge on any atom is 0.416 e. The van der Waals surface area contributed by atoms with Crippen molar-refractivity contribution in [2.45, 2.75) is 37.9 Å². The van der Waals surface area contributed by atoms with Gasteiger partial charge in [0.25, 0.3) is 0 Å². The first kappa shape index (κ1) is 19.5. The normalized spacial score (nSPS) is 18.3. The third-order valence-corrected chi connectivity index (χ3v) is 4.32. The molecule has 8 heteroatoms. The zero-order valence-electron chi connectivity index (χ0n) is 14.0. The molecule has 1 atom stereocenters. The monoisotopic (exact) mass is 359 g/mol. The van der Waals surface area contributed by atoms with E-state index in [9.17, 15) is 23.1 Å². The van der Waals surface area contributed by atoms with Crippen LogP contribution in [0.1, 0.15) is 31.2 Å². The molecule has 0 saturated carbocycles. The van der Waals surface area contributed by atoms with Gasteiger partial charge in [0.1, 0.15) is 0 Å². The highest BCUT2D eigenvalue weighted by Crippen LogP contribution is 2.30. The fraction of sp³-hybridized carbons (Fsp3) is 0.588. The number of nitrogens with zero attached hydrogens (tertiary/aromatic N) is 1. The number of amides is 2. The average Bonchev–Trinajstić information content (AvgIpc) is 3.01. The van der Waals surface area contributed by atoms with Crippen LogP contribution in [0.3, 0.4) is 0 Å². The minimum absolute atomic E-state index is 0.107. The topological polar surface area (TPSA) is 64.6 Å². The highest BCUT2D eigenvalue weighted by molar-refractivity contribution is 5.89. The van der Waals surface area contributed by atoms with Crippen LogP contribution in [0.25, 0.3) is 0 Å². The number of anilines is 1. The summed E-state index contributed by atoms with van der Waals surface area (Å²) >= 11 is 0. The largest absolute Gasteiger partial charge is 0.416 e. The number of carbonyl (C=O) groups excluding carboxylic acids is 1. The SMILES string of the molecule is O=C(NCCCCN1CCCC1CO)Nc1cccc(C(F)(F)F)c1. The van der Waals surface area contributed by atoms with E-state index >= 15 is 0 Å². The molecule has 2 rings (SSSR count). The van der Waals surface area contributed by atoms with Gasteiger partial charge < -0.3 is 15.7 Å². The van der Waals surface area contributed by atoms with Crippen molar-refractivity contribution >= 4 is 11.7 Å². The fourth-order valence-electron chi connectivity index (χ4n) is 2.99. The lowest BCUT2D eigenvalue weighted by molar-refractivity contribution is -0.137. The van der Waals surface area contributed by atoms with Crippen molar-refractivity contribution in [3.63, 3.8) is 0 Å². The van der Waals surface area contributed by atoms with Crippen molar-refractivity contribution in [2.75, 3.05) is 31.6 Å². The number of aliphatic hydroxyl groups excluding tert-OH is 1. The number of halogens is 3. The average molecular weight is 359 g/mol. The van der Waals surface area contributed by atoms with Crippen LogP contribution in [-0.4, -0.2) is 48.3 Å². The molecule has 5 nitrogen and oxygen atoms in total. The molecular formula is C17H24F3N3O2. The number of aliphatic hydroxyl groups is 1. The summed E-state index contributed by atoms with van der Waals surface area (Å²) in [6.07, 6.45) is -0.655. The maximum absolute atomic E-state index is 12.6. The molecular weight excluding hydrogens is 335 g/mol. The Morgan fingerprint density at radius 3 is 2.84 bits per heavy atom. The summed E-state index contributed by atoms with van der Waals surface area (Å²) in [5.74, 6) is 0. The first-order valence-electron chi connectivity index (χ1n) is 8.47. The van der Waals surface area contributed by atoms with Crippen molar-refractivity contribution in [3.05, 3.63) is 29.8 Å². The predicted octanol–water partition coefficient (Wildman–Crippen LogP) is 3.06. The summed E-state index contributed by atoms with van der Waals surface area (Å²) in [6, 6.07) is 4.26. The summed E-state index contributed by atoms with van der Waals surface area (Å²) in [4.78, 5) is 14.0. The molecule has 0 aromatic heterocycles. The number of benzene rings is 1. The molecule has 2 amide bonds. The molecule has 3 N–H and O–H groups in total. The van der Waals surface area contributed by atoms with E-state index in [0.29, 0.717) is 6.54 Å². The first-order chi connectivity index (χ1) is 11.9. The third kappa shape index (κ3) is 6.21. The van der Waals surface area contributed by atoms with E-state index in [-0.39, 0.29) is 18.3 Å². The van der Waals surface area contributed by atoms with Gasteiger partial charge in [-0.25, -0.2) is 4.79 Å². The molecule has 25 heavy (non-hydrogen) atoms. The van der Waals surface area contributed by atoms with Crippen LogP contribution in [0.4, 0.5) is 23.7 Å². The van der Waals surface area contributed by atoms with E-state index in [2.05, 4.69) is 15.5 Å². The highest BCUT2D eigenvalue weighted by atomic mass is 19.4. The molecule has 140 valence electrons. The highest BCUT2D eigenvalue weighted by Gasteiger charge is 2.30. The smallest absolute Gasteiger partial charge is 0.395 e. The Hall–Kier alpha value is -1.80. The van der Waals surface area contributed by atoms with Crippen LogP contribution in [0.5, 0.6) is 0 Å². The Kier molecular flexibility index (Phi) is 7.07. The van der Waals surface area contributed by atoms with Gasteiger partial charge in [-0.3, -0.25) is 4.90 Å². The molecule has 1 aliphatic heterocycles. The number of carbonyl (C=O) groups is 1. The number of likely N-dealkylation sites (tertiary alicyclic amines) is 1. The van der Waals surface area contributed by atoms with Gasteiger partial charge in [0.2, 0.25) is 0 Å². The number of unbranched alkanes of at least 4 members (excludes halogenated alkanes) is 1. The minimum atomic E-state index is -4.43. The second-order valence-corrected chi connectivity index (χ2v) is 6.18. The van der Waals surface area contributed by atoms with Crippen molar-refractivity contribution in [1.82, 2.24) is 10.2 Å². The van der Waals surface area contributed by atoms with Crippen molar-refractivity contribution in [1.29, 1.82) is 0 Å². The van der Waals surface area contributed by atoms with Gasteiger partial charge >= 0.3 is 12.2 Å². The van der Waals surface area contributed by atoms with E-state index in [1.807, 2.05) is 0 Å². The number of rotatable bonds is 7. The Morgan fingerprint density at radius 1 is 1.32 bits per heavy atom. The molecule has 0 radical (unpaired) electrons.